The number of amides is 2. The van der Waals surface area contributed by atoms with Crippen molar-refractivity contribution in [3.05, 3.63) is 82.0 Å². The molecular formula is C30H33N5OS. The molecule has 1 aliphatic heterocycles. The number of carbonyl (C=O) groups excluding carboxylic acids is 1. The van der Waals surface area contributed by atoms with Crippen LogP contribution in [0.2, 0.25) is 0 Å². The second-order valence-electron chi connectivity index (χ2n) is 10.4. The quantitative estimate of drug-likeness (QED) is 0.361. The molecule has 37 heavy (non-hydrogen) atoms. The molecule has 1 aliphatic carbocycles. The van der Waals surface area contributed by atoms with Gasteiger partial charge in [-0.1, -0.05) is 49.4 Å². The minimum absolute atomic E-state index is 0.0373. The Balaban J connectivity index is 1.26. The number of urea groups is 1. The van der Waals surface area contributed by atoms with Gasteiger partial charge in [0, 0.05) is 43.2 Å². The predicted octanol–water partition coefficient (Wildman–Crippen LogP) is 6.07. The molecule has 1 atom stereocenters. The van der Waals surface area contributed by atoms with Gasteiger partial charge in [-0.3, -0.25) is 0 Å². The van der Waals surface area contributed by atoms with Gasteiger partial charge in [0.15, 0.2) is 0 Å². The number of aromatic nitrogens is 2. The van der Waals surface area contributed by atoms with Gasteiger partial charge >= 0.3 is 6.03 Å². The summed E-state index contributed by atoms with van der Waals surface area (Å²) in [4.78, 5) is 30.1. The lowest BCUT2D eigenvalue weighted by Crippen LogP contribution is -2.50. The molecule has 6 rings (SSSR count). The Morgan fingerprint density at radius 1 is 1.05 bits per heavy atom. The van der Waals surface area contributed by atoms with Gasteiger partial charge in [0.05, 0.1) is 5.39 Å². The molecule has 3 heterocycles. The van der Waals surface area contributed by atoms with E-state index < -0.39 is 0 Å². The molecule has 0 bridgehead atoms. The largest absolute Gasteiger partial charge is 0.352 e. The van der Waals surface area contributed by atoms with Crippen LogP contribution in [0.1, 0.15) is 40.7 Å². The Hall–Kier alpha value is -3.45. The van der Waals surface area contributed by atoms with E-state index >= 15 is 0 Å². The Morgan fingerprint density at radius 2 is 1.86 bits per heavy atom. The number of fused-ring (bicyclic) bond motifs is 3. The zero-order valence-corrected chi connectivity index (χ0v) is 22.4. The lowest BCUT2D eigenvalue weighted by atomic mass is 9.89. The number of nitrogens with zero attached hydrogens (tertiary/aromatic N) is 4. The number of nitrogens with one attached hydrogen (secondary N) is 1. The zero-order chi connectivity index (χ0) is 25.4. The van der Waals surface area contributed by atoms with Gasteiger partial charge in [-0.05, 0) is 60.9 Å². The maximum atomic E-state index is 12.9. The minimum Gasteiger partial charge on any atom is -0.352 e. The third-order valence-electron chi connectivity index (χ3n) is 7.52. The summed E-state index contributed by atoms with van der Waals surface area (Å²) < 4.78 is 0. The molecule has 1 fully saturated rings. The van der Waals surface area contributed by atoms with Gasteiger partial charge < -0.3 is 15.1 Å². The van der Waals surface area contributed by atoms with Crippen molar-refractivity contribution in [2.75, 3.05) is 36.4 Å². The number of hydrogen-bond acceptors (Lipinski definition) is 5. The average Bonchev–Trinajstić information content (AvgIpc) is 3.26. The van der Waals surface area contributed by atoms with Crippen LogP contribution in [0.15, 0.2) is 54.6 Å². The van der Waals surface area contributed by atoms with E-state index in [1.807, 2.05) is 53.5 Å². The van der Waals surface area contributed by atoms with E-state index in [2.05, 4.69) is 41.4 Å². The number of aryl methyl sites for hydroxylation is 2. The number of benzene rings is 2. The number of thiophene rings is 1. The summed E-state index contributed by atoms with van der Waals surface area (Å²) >= 11 is 1.86. The van der Waals surface area contributed by atoms with Crippen LogP contribution in [-0.2, 0) is 19.3 Å². The second-order valence-corrected chi connectivity index (χ2v) is 11.5. The van der Waals surface area contributed by atoms with Crippen molar-refractivity contribution in [2.24, 2.45) is 5.92 Å². The molecule has 2 amide bonds. The molecule has 7 heteroatoms. The van der Waals surface area contributed by atoms with Gasteiger partial charge in [-0.2, -0.15) is 0 Å². The third kappa shape index (κ3) is 5.05. The third-order valence-corrected chi connectivity index (χ3v) is 8.67. The molecule has 1 N–H and O–H groups in total. The molecule has 0 radical (unpaired) electrons. The van der Waals surface area contributed by atoms with Crippen LogP contribution in [-0.4, -0.2) is 47.1 Å². The average molecular weight is 512 g/mol. The highest BCUT2D eigenvalue weighted by Gasteiger charge is 2.28. The van der Waals surface area contributed by atoms with Crippen LogP contribution in [0, 0.1) is 12.8 Å². The van der Waals surface area contributed by atoms with Crippen molar-refractivity contribution >= 4 is 39.1 Å². The van der Waals surface area contributed by atoms with Crippen LogP contribution in [0.4, 0.5) is 16.3 Å². The van der Waals surface area contributed by atoms with Gasteiger partial charge in [0.1, 0.15) is 16.5 Å². The highest BCUT2D eigenvalue weighted by molar-refractivity contribution is 7.19. The summed E-state index contributed by atoms with van der Waals surface area (Å²) in [5, 5.41) is 4.31. The summed E-state index contributed by atoms with van der Waals surface area (Å²) in [5.41, 5.74) is 4.66. The van der Waals surface area contributed by atoms with E-state index in [9.17, 15) is 4.79 Å². The fourth-order valence-electron chi connectivity index (χ4n) is 5.50. The van der Waals surface area contributed by atoms with Crippen molar-refractivity contribution in [1.29, 1.82) is 0 Å². The van der Waals surface area contributed by atoms with Crippen LogP contribution < -0.4 is 10.2 Å². The number of piperazine rings is 1. The maximum Gasteiger partial charge on any atom is 0.321 e. The summed E-state index contributed by atoms with van der Waals surface area (Å²) in [7, 11) is 0. The van der Waals surface area contributed by atoms with Gasteiger partial charge in [0.2, 0.25) is 0 Å². The Morgan fingerprint density at radius 3 is 2.65 bits per heavy atom. The SMILES string of the molecule is Cc1cccc(NC(=O)N2CCN(c3nc(Cc4ccccc4)nc4sc5c(c34)CCC(C)C5)CC2)c1. The molecule has 190 valence electrons. The van der Waals surface area contributed by atoms with E-state index in [-0.39, 0.29) is 6.03 Å². The molecule has 2 aromatic carbocycles. The Bertz CT molecular complexity index is 1420. The monoisotopic (exact) mass is 511 g/mol. The van der Waals surface area contributed by atoms with Crippen molar-refractivity contribution < 1.29 is 4.79 Å². The molecule has 4 aromatic rings. The molecule has 2 aromatic heterocycles. The van der Waals surface area contributed by atoms with E-state index in [4.69, 9.17) is 9.97 Å². The summed E-state index contributed by atoms with van der Waals surface area (Å²) in [5.74, 6) is 2.65. The molecule has 2 aliphatic rings. The van der Waals surface area contributed by atoms with Crippen LogP contribution in [0.3, 0.4) is 0 Å². The summed E-state index contributed by atoms with van der Waals surface area (Å²) in [6, 6.07) is 18.4. The van der Waals surface area contributed by atoms with Crippen LogP contribution in [0.25, 0.3) is 10.2 Å². The first-order valence-electron chi connectivity index (χ1n) is 13.3. The Kier molecular flexibility index (Phi) is 6.55. The maximum absolute atomic E-state index is 12.9. The van der Waals surface area contributed by atoms with Crippen LogP contribution in [0.5, 0.6) is 0 Å². The molecule has 1 saturated heterocycles. The first-order chi connectivity index (χ1) is 18.0. The van der Waals surface area contributed by atoms with Gasteiger partial charge in [0.25, 0.3) is 0 Å². The van der Waals surface area contributed by atoms with Gasteiger partial charge in [-0.15, -0.1) is 11.3 Å². The van der Waals surface area contributed by atoms with E-state index in [1.165, 1.54) is 27.8 Å². The number of rotatable bonds is 4. The summed E-state index contributed by atoms with van der Waals surface area (Å²) in [6.45, 7) is 7.24. The van der Waals surface area contributed by atoms with Crippen molar-refractivity contribution in [3.8, 4) is 0 Å². The highest BCUT2D eigenvalue weighted by Crippen LogP contribution is 2.41. The lowest BCUT2D eigenvalue weighted by molar-refractivity contribution is 0.208. The zero-order valence-electron chi connectivity index (χ0n) is 21.5. The molecule has 0 spiro atoms. The normalized spacial score (nSPS) is 17.6. The second kappa shape index (κ2) is 10.1. The van der Waals surface area contributed by atoms with Crippen molar-refractivity contribution in [3.63, 3.8) is 0 Å². The molecular weight excluding hydrogens is 478 g/mol. The minimum atomic E-state index is -0.0373. The first-order valence-corrected chi connectivity index (χ1v) is 14.1. The van der Waals surface area contributed by atoms with E-state index in [0.717, 1.165) is 66.0 Å². The fourth-order valence-corrected chi connectivity index (χ4v) is 6.90. The van der Waals surface area contributed by atoms with E-state index in [0.29, 0.717) is 13.1 Å². The van der Waals surface area contributed by atoms with Crippen molar-refractivity contribution in [2.45, 2.75) is 39.5 Å². The van der Waals surface area contributed by atoms with Crippen LogP contribution >= 0.6 is 11.3 Å². The highest BCUT2D eigenvalue weighted by atomic mass is 32.1. The van der Waals surface area contributed by atoms with E-state index in [1.54, 1.807) is 0 Å². The predicted molar refractivity (Wildman–Crippen MR) is 152 cm³/mol. The smallest absolute Gasteiger partial charge is 0.321 e. The fraction of sp³-hybridized carbons (Fsp3) is 0.367. The summed E-state index contributed by atoms with van der Waals surface area (Å²) in [6.07, 6.45) is 4.18. The molecule has 1 unspecified atom stereocenters. The standard InChI is InChI=1S/C30H33N5OS/c1-20-7-6-10-23(17-20)31-30(36)35-15-13-34(14-16-35)28-27-24-12-11-21(2)18-25(24)37-29(27)33-26(32-28)19-22-8-4-3-5-9-22/h3-10,17,21H,11-16,18-19H2,1-2H3,(H,31,36). The Labute approximate surface area is 222 Å². The number of anilines is 2. The van der Waals surface area contributed by atoms with Gasteiger partial charge in [-0.25, -0.2) is 14.8 Å². The topological polar surface area (TPSA) is 61.4 Å². The number of carbonyl (C=O) groups is 1. The van der Waals surface area contributed by atoms with Crippen molar-refractivity contribution in [1.82, 2.24) is 14.9 Å². The molecule has 0 saturated carbocycles. The first kappa shape index (κ1) is 23.9. The molecule has 6 nitrogen and oxygen atoms in total. The number of hydrogen-bond donors (Lipinski definition) is 1. The lowest BCUT2D eigenvalue weighted by Gasteiger charge is -2.36.